The molecular weight excluding hydrogens is 258 g/mol. The van der Waals surface area contributed by atoms with Gasteiger partial charge in [-0.3, -0.25) is 10.1 Å². The molecule has 7 heteroatoms. The van der Waals surface area contributed by atoms with Crippen molar-refractivity contribution in [1.29, 1.82) is 0 Å². The van der Waals surface area contributed by atoms with Crippen LogP contribution < -0.4 is 10.1 Å². The smallest absolute Gasteiger partial charge is 0.289 e. The van der Waals surface area contributed by atoms with Gasteiger partial charge in [-0.1, -0.05) is 25.4 Å². The van der Waals surface area contributed by atoms with Crippen LogP contribution in [0.3, 0.4) is 0 Å². The molecule has 1 aromatic rings. The lowest BCUT2D eigenvalue weighted by Crippen LogP contribution is -2.24. The van der Waals surface area contributed by atoms with Crippen LogP contribution >= 0.6 is 11.6 Å². The summed E-state index contributed by atoms with van der Waals surface area (Å²) >= 11 is 5.83. The van der Waals surface area contributed by atoms with E-state index in [1.165, 1.54) is 6.07 Å². The van der Waals surface area contributed by atoms with Crippen molar-refractivity contribution < 1.29 is 9.66 Å². The molecule has 1 heterocycles. The predicted octanol–water partition coefficient (Wildman–Crippen LogP) is 2.41. The highest BCUT2D eigenvalue weighted by molar-refractivity contribution is 6.32. The Morgan fingerprint density at radius 1 is 1.61 bits per heavy atom. The van der Waals surface area contributed by atoms with E-state index >= 15 is 0 Å². The minimum atomic E-state index is -0.546. The van der Waals surface area contributed by atoms with E-state index in [9.17, 15) is 10.1 Å². The van der Waals surface area contributed by atoms with Gasteiger partial charge in [-0.05, 0) is 13.0 Å². The van der Waals surface area contributed by atoms with Crippen LogP contribution in [0.5, 0.6) is 5.88 Å². The Morgan fingerprint density at radius 2 is 2.33 bits per heavy atom. The lowest BCUT2D eigenvalue weighted by atomic mass is 10.3. The maximum Gasteiger partial charge on any atom is 0.289 e. The number of hydrogen-bond donors (Lipinski definition) is 1. The van der Waals surface area contributed by atoms with E-state index in [4.69, 9.17) is 16.3 Å². The van der Waals surface area contributed by atoms with E-state index in [1.54, 1.807) is 0 Å². The van der Waals surface area contributed by atoms with Crippen LogP contribution in [-0.4, -0.2) is 29.1 Å². The van der Waals surface area contributed by atoms with Crippen molar-refractivity contribution >= 4 is 17.3 Å². The highest BCUT2D eigenvalue weighted by atomic mass is 35.5. The molecule has 0 atom stereocenters. The Balaban J connectivity index is 2.41. The Hall–Kier alpha value is -1.40. The van der Waals surface area contributed by atoms with Crippen molar-refractivity contribution in [3.63, 3.8) is 0 Å². The molecule has 100 valence electrons. The second-order valence-electron chi connectivity index (χ2n) is 4.05. The molecular formula is C11H16ClN3O3. The second kappa shape index (κ2) is 7.13. The fourth-order valence-corrected chi connectivity index (χ4v) is 1.47. The Bertz CT molecular complexity index is 413. The SMILES string of the molecule is CC(C)NCCCOc1ncc([N+](=O)[O-])cc1Cl. The number of nitrogens with one attached hydrogen (secondary N) is 1. The quantitative estimate of drug-likeness (QED) is 0.469. The summed E-state index contributed by atoms with van der Waals surface area (Å²) in [4.78, 5) is 13.8. The third-order valence-corrected chi connectivity index (χ3v) is 2.39. The average Bonchev–Trinajstić information content (AvgIpc) is 2.29. The van der Waals surface area contributed by atoms with E-state index < -0.39 is 4.92 Å². The largest absolute Gasteiger partial charge is 0.477 e. The van der Waals surface area contributed by atoms with Gasteiger partial charge < -0.3 is 10.1 Å². The molecule has 0 amide bonds. The lowest BCUT2D eigenvalue weighted by Gasteiger charge is -2.09. The van der Waals surface area contributed by atoms with Crippen LogP contribution in [0.4, 0.5) is 5.69 Å². The number of aromatic nitrogens is 1. The molecule has 0 saturated carbocycles. The molecule has 0 bridgehead atoms. The highest BCUT2D eigenvalue weighted by Gasteiger charge is 2.11. The summed E-state index contributed by atoms with van der Waals surface area (Å²) in [5.74, 6) is 0.229. The summed E-state index contributed by atoms with van der Waals surface area (Å²) < 4.78 is 5.35. The number of nitro groups is 1. The number of hydrogen-bond acceptors (Lipinski definition) is 5. The third kappa shape index (κ3) is 4.85. The lowest BCUT2D eigenvalue weighted by molar-refractivity contribution is -0.385. The van der Waals surface area contributed by atoms with Gasteiger partial charge >= 0.3 is 0 Å². The number of halogens is 1. The van der Waals surface area contributed by atoms with Crippen LogP contribution in [0.2, 0.25) is 5.02 Å². The zero-order chi connectivity index (χ0) is 13.5. The molecule has 0 saturated heterocycles. The van der Waals surface area contributed by atoms with E-state index in [-0.39, 0.29) is 16.6 Å². The molecule has 0 fully saturated rings. The monoisotopic (exact) mass is 273 g/mol. The number of nitrogens with zero attached hydrogens (tertiary/aromatic N) is 2. The van der Waals surface area contributed by atoms with E-state index in [2.05, 4.69) is 24.1 Å². The molecule has 1 N–H and O–H groups in total. The van der Waals surface area contributed by atoms with Crippen LogP contribution in [0.25, 0.3) is 0 Å². The van der Waals surface area contributed by atoms with E-state index in [1.807, 2.05) is 0 Å². The minimum absolute atomic E-state index is 0.145. The van der Waals surface area contributed by atoms with Gasteiger partial charge in [0.1, 0.15) is 11.2 Å². The van der Waals surface area contributed by atoms with Gasteiger partial charge in [-0.15, -0.1) is 0 Å². The van der Waals surface area contributed by atoms with Crippen LogP contribution in [-0.2, 0) is 0 Å². The van der Waals surface area contributed by atoms with Gasteiger partial charge in [0, 0.05) is 12.1 Å². The van der Waals surface area contributed by atoms with Crippen LogP contribution in [0.15, 0.2) is 12.3 Å². The molecule has 0 radical (unpaired) electrons. The van der Waals surface area contributed by atoms with Crippen molar-refractivity contribution in [3.8, 4) is 5.88 Å². The summed E-state index contributed by atoms with van der Waals surface area (Å²) in [7, 11) is 0. The number of ether oxygens (including phenoxy) is 1. The molecule has 0 spiro atoms. The zero-order valence-electron chi connectivity index (χ0n) is 10.4. The molecule has 0 aliphatic rings. The van der Waals surface area contributed by atoms with Crippen molar-refractivity contribution in [3.05, 3.63) is 27.4 Å². The molecule has 1 rings (SSSR count). The summed E-state index contributed by atoms with van der Waals surface area (Å²) in [6.45, 7) is 5.43. The fourth-order valence-electron chi connectivity index (χ4n) is 1.25. The Labute approximate surface area is 110 Å². The summed E-state index contributed by atoms with van der Waals surface area (Å²) in [6, 6.07) is 1.67. The first-order chi connectivity index (χ1) is 8.50. The maximum atomic E-state index is 10.5. The third-order valence-electron chi connectivity index (χ3n) is 2.12. The first kappa shape index (κ1) is 14.7. The van der Waals surface area contributed by atoms with Crippen LogP contribution in [0.1, 0.15) is 20.3 Å². The van der Waals surface area contributed by atoms with Gasteiger partial charge in [-0.2, -0.15) is 0 Å². The molecule has 6 nitrogen and oxygen atoms in total. The van der Waals surface area contributed by atoms with E-state index in [0.717, 1.165) is 19.2 Å². The second-order valence-corrected chi connectivity index (χ2v) is 4.46. The number of pyridine rings is 1. The van der Waals surface area contributed by atoms with Gasteiger partial charge in [0.2, 0.25) is 5.88 Å². The molecule has 0 aromatic carbocycles. The molecule has 0 aliphatic carbocycles. The minimum Gasteiger partial charge on any atom is -0.477 e. The summed E-state index contributed by atoms with van der Waals surface area (Å²) in [5.41, 5.74) is -0.145. The van der Waals surface area contributed by atoms with Gasteiger partial charge in [0.25, 0.3) is 5.69 Å². The van der Waals surface area contributed by atoms with Crippen molar-refractivity contribution in [2.45, 2.75) is 26.3 Å². The zero-order valence-corrected chi connectivity index (χ0v) is 11.1. The number of rotatable bonds is 7. The molecule has 0 unspecified atom stereocenters. The summed E-state index contributed by atoms with van der Waals surface area (Å²) in [6.07, 6.45) is 1.95. The van der Waals surface area contributed by atoms with Crippen LogP contribution in [0, 0.1) is 10.1 Å². The first-order valence-corrected chi connectivity index (χ1v) is 6.04. The van der Waals surface area contributed by atoms with Crippen molar-refractivity contribution in [1.82, 2.24) is 10.3 Å². The van der Waals surface area contributed by atoms with Gasteiger partial charge in [0.15, 0.2) is 0 Å². The molecule has 18 heavy (non-hydrogen) atoms. The standard InChI is InChI=1S/C11H16ClN3O3/c1-8(2)13-4-3-5-18-11-10(12)6-9(7-14-11)15(16)17/h6-8,13H,3-5H2,1-2H3. The Morgan fingerprint density at radius 3 is 2.89 bits per heavy atom. The molecule has 0 aliphatic heterocycles. The van der Waals surface area contributed by atoms with Gasteiger partial charge in [0.05, 0.1) is 11.5 Å². The normalized spacial score (nSPS) is 10.7. The Kier molecular flexibility index (Phi) is 5.80. The molecule has 1 aromatic heterocycles. The van der Waals surface area contributed by atoms with Crippen molar-refractivity contribution in [2.75, 3.05) is 13.2 Å². The van der Waals surface area contributed by atoms with E-state index in [0.29, 0.717) is 12.6 Å². The maximum absolute atomic E-state index is 10.5. The van der Waals surface area contributed by atoms with Crippen molar-refractivity contribution in [2.24, 2.45) is 0 Å². The topological polar surface area (TPSA) is 77.3 Å². The predicted molar refractivity (Wildman–Crippen MR) is 69.2 cm³/mol. The van der Waals surface area contributed by atoms with Gasteiger partial charge in [-0.25, -0.2) is 4.98 Å². The highest BCUT2D eigenvalue weighted by Crippen LogP contribution is 2.25. The first-order valence-electron chi connectivity index (χ1n) is 5.67. The fraction of sp³-hybridized carbons (Fsp3) is 0.545. The summed E-state index contributed by atoms with van der Waals surface area (Å²) in [5, 5.41) is 13.9. The average molecular weight is 274 g/mol.